The summed E-state index contributed by atoms with van der Waals surface area (Å²) >= 11 is 0. The second-order valence-corrected chi connectivity index (χ2v) is 4.28. The van der Waals surface area contributed by atoms with E-state index in [2.05, 4.69) is 46.9 Å². The first-order valence-electron chi connectivity index (χ1n) is 4.66. The molecular weight excluding hydrogens is 134 g/mol. The third-order valence-electron chi connectivity index (χ3n) is 2.77. The van der Waals surface area contributed by atoms with Crippen molar-refractivity contribution in [3.8, 4) is 0 Å². The van der Waals surface area contributed by atoms with Crippen LogP contribution in [-0.4, -0.2) is 12.1 Å². The highest BCUT2D eigenvalue weighted by atomic mass is 15.0. The van der Waals surface area contributed by atoms with E-state index in [0.717, 1.165) is 18.4 Å². The summed E-state index contributed by atoms with van der Waals surface area (Å²) in [5.41, 5.74) is 0.281. The summed E-state index contributed by atoms with van der Waals surface area (Å²) in [6.45, 7) is 14.7. The second-order valence-electron chi connectivity index (χ2n) is 4.28. The maximum absolute atomic E-state index is 3.50. The minimum atomic E-state index is 0.281. The molecule has 68 valence electrons. The lowest BCUT2D eigenvalue weighted by atomic mass is 9.81. The van der Waals surface area contributed by atoms with Crippen molar-refractivity contribution >= 4 is 0 Å². The zero-order valence-electron chi connectivity index (χ0n) is 8.86. The Morgan fingerprint density at radius 2 is 1.64 bits per heavy atom. The molecule has 0 aromatic rings. The van der Waals surface area contributed by atoms with Gasteiger partial charge in [0.25, 0.3) is 0 Å². The van der Waals surface area contributed by atoms with Crippen LogP contribution < -0.4 is 5.32 Å². The van der Waals surface area contributed by atoms with Crippen LogP contribution in [0.15, 0.2) is 0 Å². The van der Waals surface area contributed by atoms with Gasteiger partial charge in [-0.3, -0.25) is 0 Å². The molecule has 0 bridgehead atoms. The minimum absolute atomic E-state index is 0.281. The average Bonchev–Trinajstić information content (AvgIpc) is 1.86. The molecule has 0 amide bonds. The van der Waals surface area contributed by atoms with Gasteiger partial charge in [0.05, 0.1) is 0 Å². The van der Waals surface area contributed by atoms with Gasteiger partial charge in [0.15, 0.2) is 0 Å². The van der Waals surface area contributed by atoms with Crippen molar-refractivity contribution < 1.29 is 0 Å². The van der Waals surface area contributed by atoms with E-state index in [1.54, 1.807) is 0 Å². The van der Waals surface area contributed by atoms with Gasteiger partial charge >= 0.3 is 0 Å². The van der Waals surface area contributed by atoms with Gasteiger partial charge in [0.1, 0.15) is 0 Å². The van der Waals surface area contributed by atoms with Crippen molar-refractivity contribution in [2.45, 2.75) is 47.1 Å². The molecule has 0 saturated heterocycles. The molecule has 0 aromatic heterocycles. The predicted molar refractivity (Wildman–Crippen MR) is 51.8 cm³/mol. The normalized spacial score (nSPS) is 15.5. The first kappa shape index (κ1) is 11.0. The van der Waals surface area contributed by atoms with Crippen molar-refractivity contribution in [1.29, 1.82) is 0 Å². The van der Waals surface area contributed by atoms with E-state index in [-0.39, 0.29) is 5.54 Å². The van der Waals surface area contributed by atoms with Gasteiger partial charge in [-0.25, -0.2) is 0 Å². The third kappa shape index (κ3) is 3.24. The van der Waals surface area contributed by atoms with Gasteiger partial charge in [0, 0.05) is 5.54 Å². The molecule has 0 spiro atoms. The molecule has 0 aromatic carbocycles. The van der Waals surface area contributed by atoms with Gasteiger partial charge in [-0.1, -0.05) is 27.7 Å². The molecule has 1 atom stereocenters. The van der Waals surface area contributed by atoms with Crippen molar-refractivity contribution in [1.82, 2.24) is 5.32 Å². The lowest BCUT2D eigenvalue weighted by Gasteiger charge is -2.35. The minimum Gasteiger partial charge on any atom is -0.312 e. The lowest BCUT2D eigenvalue weighted by molar-refractivity contribution is 0.217. The number of nitrogens with one attached hydrogen (secondary N) is 1. The predicted octanol–water partition coefficient (Wildman–Crippen LogP) is 2.67. The summed E-state index contributed by atoms with van der Waals surface area (Å²) in [5.74, 6) is 1.48. The van der Waals surface area contributed by atoms with Crippen molar-refractivity contribution in [3.05, 3.63) is 0 Å². The van der Waals surface area contributed by atoms with Crippen LogP contribution in [0.1, 0.15) is 41.5 Å². The fourth-order valence-electron chi connectivity index (χ4n) is 1.45. The van der Waals surface area contributed by atoms with Gasteiger partial charge in [-0.15, -0.1) is 0 Å². The number of hydrogen-bond acceptors (Lipinski definition) is 1. The van der Waals surface area contributed by atoms with Gasteiger partial charge < -0.3 is 5.32 Å². The number of hydrogen-bond donors (Lipinski definition) is 1. The van der Waals surface area contributed by atoms with E-state index in [4.69, 9.17) is 0 Å². The van der Waals surface area contributed by atoms with E-state index < -0.39 is 0 Å². The van der Waals surface area contributed by atoms with Crippen LogP contribution >= 0.6 is 0 Å². The molecule has 0 saturated carbocycles. The summed E-state index contributed by atoms with van der Waals surface area (Å²) in [6, 6.07) is 0. The molecule has 0 aliphatic rings. The first-order valence-corrected chi connectivity index (χ1v) is 4.66. The topological polar surface area (TPSA) is 12.0 Å². The van der Waals surface area contributed by atoms with E-state index in [9.17, 15) is 0 Å². The fraction of sp³-hybridized carbons (Fsp3) is 1.00. The lowest BCUT2D eigenvalue weighted by Crippen LogP contribution is -2.46. The zero-order valence-corrected chi connectivity index (χ0v) is 8.86. The molecule has 0 aliphatic carbocycles. The molecule has 0 aliphatic heterocycles. The summed E-state index contributed by atoms with van der Waals surface area (Å²) in [4.78, 5) is 0. The monoisotopic (exact) mass is 157 g/mol. The molecule has 1 N–H and O–H groups in total. The number of rotatable bonds is 4. The summed E-state index contributed by atoms with van der Waals surface area (Å²) < 4.78 is 0. The fourth-order valence-corrected chi connectivity index (χ4v) is 1.45. The van der Waals surface area contributed by atoms with Crippen molar-refractivity contribution in [3.63, 3.8) is 0 Å². The summed E-state index contributed by atoms with van der Waals surface area (Å²) in [6.07, 6.45) is 0. The highest BCUT2D eigenvalue weighted by Crippen LogP contribution is 2.23. The largest absolute Gasteiger partial charge is 0.312 e. The Labute approximate surface area is 71.6 Å². The van der Waals surface area contributed by atoms with Crippen LogP contribution in [0, 0.1) is 11.8 Å². The Balaban J connectivity index is 4.05. The molecule has 1 nitrogen and oxygen atoms in total. The SMILES string of the molecule is CCNC(C)(C)C(C)C(C)C. The Morgan fingerprint density at radius 1 is 1.18 bits per heavy atom. The highest BCUT2D eigenvalue weighted by Gasteiger charge is 2.26. The maximum atomic E-state index is 3.50. The quantitative estimate of drug-likeness (QED) is 0.661. The maximum Gasteiger partial charge on any atom is 0.0153 e. The summed E-state index contributed by atoms with van der Waals surface area (Å²) in [7, 11) is 0. The van der Waals surface area contributed by atoms with Crippen molar-refractivity contribution in [2.24, 2.45) is 11.8 Å². The van der Waals surface area contributed by atoms with Crippen LogP contribution in [0.3, 0.4) is 0 Å². The molecule has 1 heteroatoms. The van der Waals surface area contributed by atoms with Crippen LogP contribution in [0.2, 0.25) is 0 Å². The standard InChI is InChI=1S/C10H23N/c1-7-11-10(5,6)9(4)8(2)3/h8-9,11H,7H2,1-6H3. The molecule has 0 fully saturated rings. The Bertz CT molecular complexity index is 105. The zero-order chi connectivity index (χ0) is 9.07. The Morgan fingerprint density at radius 3 is 1.91 bits per heavy atom. The van der Waals surface area contributed by atoms with E-state index in [0.29, 0.717) is 0 Å². The van der Waals surface area contributed by atoms with Crippen LogP contribution in [-0.2, 0) is 0 Å². The third-order valence-corrected chi connectivity index (χ3v) is 2.77. The molecule has 0 radical (unpaired) electrons. The molecular formula is C10H23N. The van der Waals surface area contributed by atoms with Crippen molar-refractivity contribution in [2.75, 3.05) is 6.54 Å². The Kier molecular flexibility index (Phi) is 4.09. The van der Waals surface area contributed by atoms with Crippen LogP contribution in [0.5, 0.6) is 0 Å². The highest BCUT2D eigenvalue weighted by molar-refractivity contribution is 4.84. The smallest absolute Gasteiger partial charge is 0.0153 e. The molecule has 0 heterocycles. The molecule has 0 rings (SSSR count). The second kappa shape index (κ2) is 4.10. The van der Waals surface area contributed by atoms with E-state index in [1.165, 1.54) is 0 Å². The Hall–Kier alpha value is -0.0400. The van der Waals surface area contributed by atoms with E-state index in [1.807, 2.05) is 0 Å². The summed E-state index contributed by atoms with van der Waals surface area (Å²) in [5, 5.41) is 3.50. The van der Waals surface area contributed by atoms with Crippen LogP contribution in [0.25, 0.3) is 0 Å². The first-order chi connectivity index (χ1) is 4.91. The molecule has 11 heavy (non-hydrogen) atoms. The molecule has 1 unspecified atom stereocenters. The average molecular weight is 157 g/mol. The van der Waals surface area contributed by atoms with Gasteiger partial charge in [-0.05, 0) is 32.2 Å². The van der Waals surface area contributed by atoms with Crippen LogP contribution in [0.4, 0.5) is 0 Å². The van der Waals surface area contributed by atoms with Gasteiger partial charge in [-0.2, -0.15) is 0 Å². The van der Waals surface area contributed by atoms with E-state index >= 15 is 0 Å². The van der Waals surface area contributed by atoms with Gasteiger partial charge in [0.2, 0.25) is 0 Å².